The van der Waals surface area contributed by atoms with Gasteiger partial charge in [-0.15, -0.1) is 0 Å². The average molecular weight is 230 g/mol. The molecular weight excluding hydrogens is 216 g/mol. The van der Waals surface area contributed by atoms with E-state index in [1.54, 1.807) is 29.2 Å². The first kappa shape index (κ1) is 11.6. The van der Waals surface area contributed by atoms with Crippen LogP contribution < -0.4 is 0 Å². The SMILES string of the molecule is CC1CN(C(=O)c2ccc(C#N)cc2)CCO1. The van der Waals surface area contributed by atoms with Crippen molar-refractivity contribution in [3.63, 3.8) is 0 Å². The Balaban J connectivity index is 2.11. The standard InChI is InChI=1S/C13H14N2O2/c1-10-9-15(6-7-17-10)13(16)12-4-2-11(8-14)3-5-12/h2-5,10H,6-7,9H2,1H3. The third-order valence-electron chi connectivity index (χ3n) is 2.79. The van der Waals surface area contributed by atoms with Crippen LogP contribution in [0.5, 0.6) is 0 Å². The van der Waals surface area contributed by atoms with Gasteiger partial charge in [0, 0.05) is 18.7 Å². The zero-order chi connectivity index (χ0) is 12.3. The number of hydrogen-bond donors (Lipinski definition) is 0. The molecule has 4 nitrogen and oxygen atoms in total. The second-order valence-corrected chi connectivity index (χ2v) is 4.12. The fourth-order valence-corrected chi connectivity index (χ4v) is 1.87. The maximum atomic E-state index is 12.1. The van der Waals surface area contributed by atoms with Gasteiger partial charge in [-0.3, -0.25) is 4.79 Å². The molecule has 1 fully saturated rings. The van der Waals surface area contributed by atoms with E-state index >= 15 is 0 Å². The number of hydrogen-bond acceptors (Lipinski definition) is 3. The van der Waals surface area contributed by atoms with Gasteiger partial charge in [0.1, 0.15) is 0 Å². The lowest BCUT2D eigenvalue weighted by molar-refractivity contribution is -0.0124. The fourth-order valence-electron chi connectivity index (χ4n) is 1.87. The highest BCUT2D eigenvalue weighted by Gasteiger charge is 2.22. The predicted molar refractivity (Wildman–Crippen MR) is 62.5 cm³/mol. The van der Waals surface area contributed by atoms with Crippen LogP contribution in [0.2, 0.25) is 0 Å². The minimum absolute atomic E-state index is 0.00430. The summed E-state index contributed by atoms with van der Waals surface area (Å²) in [5.74, 6) is 0.00430. The zero-order valence-corrected chi connectivity index (χ0v) is 9.72. The second-order valence-electron chi connectivity index (χ2n) is 4.12. The molecule has 17 heavy (non-hydrogen) atoms. The van der Waals surface area contributed by atoms with Gasteiger partial charge < -0.3 is 9.64 Å². The Morgan fingerprint density at radius 1 is 1.47 bits per heavy atom. The van der Waals surface area contributed by atoms with E-state index in [4.69, 9.17) is 10.00 Å². The number of rotatable bonds is 1. The van der Waals surface area contributed by atoms with E-state index in [1.807, 2.05) is 13.0 Å². The summed E-state index contributed by atoms with van der Waals surface area (Å²) >= 11 is 0. The molecule has 0 saturated carbocycles. The van der Waals surface area contributed by atoms with Crippen LogP contribution in [-0.4, -0.2) is 36.6 Å². The number of carbonyl (C=O) groups excluding carboxylic acids is 1. The Morgan fingerprint density at radius 3 is 2.76 bits per heavy atom. The second kappa shape index (κ2) is 4.98. The molecule has 0 radical (unpaired) electrons. The van der Waals surface area contributed by atoms with Crippen LogP contribution in [0, 0.1) is 11.3 Å². The van der Waals surface area contributed by atoms with Gasteiger partial charge in [0.25, 0.3) is 5.91 Å². The molecule has 1 aliphatic heterocycles. The summed E-state index contributed by atoms with van der Waals surface area (Å²) in [6.07, 6.45) is 0.0890. The van der Waals surface area contributed by atoms with Gasteiger partial charge in [-0.2, -0.15) is 5.26 Å². The molecule has 0 aliphatic carbocycles. The van der Waals surface area contributed by atoms with Crippen molar-refractivity contribution in [2.45, 2.75) is 13.0 Å². The predicted octanol–water partition coefficient (Wildman–Crippen LogP) is 1.42. The number of nitrogens with zero attached hydrogens (tertiary/aromatic N) is 2. The van der Waals surface area contributed by atoms with Crippen LogP contribution in [-0.2, 0) is 4.74 Å². The van der Waals surface area contributed by atoms with Gasteiger partial charge in [0.2, 0.25) is 0 Å². The topological polar surface area (TPSA) is 53.3 Å². The Kier molecular flexibility index (Phi) is 3.40. The van der Waals surface area contributed by atoms with Crippen LogP contribution in [0.25, 0.3) is 0 Å². The molecule has 1 aromatic rings. The van der Waals surface area contributed by atoms with Crippen LogP contribution >= 0.6 is 0 Å². The highest BCUT2D eigenvalue weighted by Crippen LogP contribution is 2.11. The number of amides is 1. The van der Waals surface area contributed by atoms with Gasteiger partial charge in [-0.1, -0.05) is 0 Å². The van der Waals surface area contributed by atoms with E-state index < -0.39 is 0 Å². The smallest absolute Gasteiger partial charge is 0.254 e. The molecule has 88 valence electrons. The maximum absolute atomic E-state index is 12.1. The summed E-state index contributed by atoms with van der Waals surface area (Å²) in [6, 6.07) is 8.75. The van der Waals surface area contributed by atoms with E-state index in [0.29, 0.717) is 30.8 Å². The van der Waals surface area contributed by atoms with E-state index in [1.165, 1.54) is 0 Å². The van der Waals surface area contributed by atoms with Crippen molar-refractivity contribution in [2.75, 3.05) is 19.7 Å². The molecule has 0 bridgehead atoms. The van der Waals surface area contributed by atoms with E-state index in [9.17, 15) is 4.79 Å². The Hall–Kier alpha value is -1.86. The van der Waals surface area contributed by atoms with Crippen LogP contribution in [0.1, 0.15) is 22.8 Å². The van der Waals surface area contributed by atoms with Gasteiger partial charge in [-0.05, 0) is 31.2 Å². The van der Waals surface area contributed by atoms with Gasteiger partial charge in [-0.25, -0.2) is 0 Å². The number of morpholine rings is 1. The highest BCUT2D eigenvalue weighted by atomic mass is 16.5. The van der Waals surface area contributed by atoms with Crippen molar-refractivity contribution in [1.29, 1.82) is 5.26 Å². The molecule has 0 spiro atoms. The maximum Gasteiger partial charge on any atom is 0.254 e. The number of benzene rings is 1. The van der Waals surface area contributed by atoms with Crippen molar-refractivity contribution < 1.29 is 9.53 Å². The lowest BCUT2D eigenvalue weighted by atomic mass is 10.1. The summed E-state index contributed by atoms with van der Waals surface area (Å²) in [5.41, 5.74) is 1.19. The molecule has 1 aromatic carbocycles. The van der Waals surface area contributed by atoms with Crippen LogP contribution in [0.15, 0.2) is 24.3 Å². The van der Waals surface area contributed by atoms with Crippen molar-refractivity contribution in [3.8, 4) is 6.07 Å². The molecule has 1 saturated heterocycles. The average Bonchev–Trinajstić information content (AvgIpc) is 2.38. The largest absolute Gasteiger partial charge is 0.375 e. The van der Waals surface area contributed by atoms with Crippen molar-refractivity contribution in [3.05, 3.63) is 35.4 Å². The first-order valence-corrected chi connectivity index (χ1v) is 5.62. The van der Waals surface area contributed by atoms with Gasteiger partial charge >= 0.3 is 0 Å². The molecule has 1 atom stereocenters. The van der Waals surface area contributed by atoms with E-state index in [-0.39, 0.29) is 12.0 Å². The third kappa shape index (κ3) is 2.63. The lowest BCUT2D eigenvalue weighted by Crippen LogP contribution is -2.44. The molecule has 2 rings (SSSR count). The van der Waals surface area contributed by atoms with Crippen molar-refractivity contribution >= 4 is 5.91 Å². The Morgan fingerprint density at radius 2 is 2.18 bits per heavy atom. The number of ether oxygens (including phenoxy) is 1. The summed E-state index contributed by atoms with van der Waals surface area (Å²) in [5, 5.41) is 8.69. The summed E-state index contributed by atoms with van der Waals surface area (Å²) in [4.78, 5) is 13.9. The molecule has 0 aromatic heterocycles. The van der Waals surface area contributed by atoms with Crippen molar-refractivity contribution in [1.82, 2.24) is 4.90 Å². The zero-order valence-electron chi connectivity index (χ0n) is 9.72. The molecule has 1 amide bonds. The number of nitriles is 1. The van der Waals surface area contributed by atoms with Crippen molar-refractivity contribution in [2.24, 2.45) is 0 Å². The van der Waals surface area contributed by atoms with Gasteiger partial charge in [0.15, 0.2) is 0 Å². The molecule has 1 aliphatic rings. The van der Waals surface area contributed by atoms with Crippen LogP contribution in [0.3, 0.4) is 0 Å². The van der Waals surface area contributed by atoms with E-state index in [0.717, 1.165) is 0 Å². The van der Waals surface area contributed by atoms with Crippen LogP contribution in [0.4, 0.5) is 0 Å². The molecular formula is C13H14N2O2. The Labute approximate surface area is 100 Å². The quantitative estimate of drug-likeness (QED) is 0.733. The van der Waals surface area contributed by atoms with E-state index in [2.05, 4.69) is 0 Å². The Bertz CT molecular complexity index is 447. The van der Waals surface area contributed by atoms with Gasteiger partial charge in [0.05, 0.1) is 24.3 Å². The molecule has 1 unspecified atom stereocenters. The lowest BCUT2D eigenvalue weighted by Gasteiger charge is -2.31. The fraction of sp³-hybridized carbons (Fsp3) is 0.385. The number of carbonyl (C=O) groups is 1. The molecule has 1 heterocycles. The third-order valence-corrected chi connectivity index (χ3v) is 2.79. The molecule has 0 N–H and O–H groups in total. The normalized spacial score (nSPS) is 19.8. The summed E-state index contributed by atoms with van der Waals surface area (Å²) < 4.78 is 5.39. The monoisotopic (exact) mass is 230 g/mol. The summed E-state index contributed by atoms with van der Waals surface area (Å²) in [7, 11) is 0. The minimum Gasteiger partial charge on any atom is -0.375 e. The first-order valence-electron chi connectivity index (χ1n) is 5.62. The highest BCUT2D eigenvalue weighted by molar-refractivity contribution is 5.94. The first-order chi connectivity index (χ1) is 8.20. The summed E-state index contributed by atoms with van der Waals surface area (Å²) in [6.45, 7) is 3.80. The minimum atomic E-state index is 0.00430. The molecule has 4 heteroatoms.